The molecule has 0 aromatic heterocycles. The fourth-order valence-corrected chi connectivity index (χ4v) is 1.21. The summed E-state index contributed by atoms with van der Waals surface area (Å²) in [6.07, 6.45) is 21.5. The number of hydrogen-bond acceptors (Lipinski definition) is 0. The Morgan fingerprint density at radius 1 is 0.667 bits per heavy atom. The van der Waals surface area contributed by atoms with E-state index in [-0.39, 0.29) is 0 Å². The van der Waals surface area contributed by atoms with Crippen LogP contribution < -0.4 is 0 Å². The molecule has 0 amide bonds. The summed E-state index contributed by atoms with van der Waals surface area (Å²) >= 11 is 0. The van der Waals surface area contributed by atoms with Crippen molar-refractivity contribution >= 4 is 0 Å². The minimum Gasteiger partial charge on any atom is -0.0882 e. The Labute approximate surface area is 75.7 Å². The van der Waals surface area contributed by atoms with Crippen LogP contribution >= 0.6 is 0 Å². The van der Waals surface area contributed by atoms with Crippen molar-refractivity contribution in [2.24, 2.45) is 0 Å². The number of hydrogen-bond donors (Lipinski definition) is 0. The standard InChI is InChI=1S/C12H17/c1-2-4-6-8-10-12-11-9-7-5-3-1/h1-5,8,10H,6-7,9,11-12H2. The Morgan fingerprint density at radius 2 is 1.42 bits per heavy atom. The SMILES string of the molecule is [CH]1C=CCC=CCCCCC=C1. The second kappa shape index (κ2) is 6.90. The molecule has 0 saturated carbocycles. The van der Waals surface area contributed by atoms with Gasteiger partial charge in [-0.15, -0.1) is 0 Å². The van der Waals surface area contributed by atoms with Crippen molar-refractivity contribution < 1.29 is 0 Å². The third kappa shape index (κ3) is 4.95. The normalized spacial score (nSPS) is 20.0. The third-order valence-corrected chi connectivity index (χ3v) is 1.92. The molecule has 12 heavy (non-hydrogen) atoms. The third-order valence-electron chi connectivity index (χ3n) is 1.92. The molecule has 65 valence electrons. The van der Waals surface area contributed by atoms with Gasteiger partial charge in [-0.3, -0.25) is 0 Å². The average molecular weight is 161 g/mol. The molecule has 1 rings (SSSR count). The smallest absolute Gasteiger partial charge is 0.00442 e. The van der Waals surface area contributed by atoms with Gasteiger partial charge in [-0.05, 0) is 32.1 Å². The van der Waals surface area contributed by atoms with E-state index in [1.54, 1.807) is 0 Å². The number of allylic oxidation sites excluding steroid dienone is 6. The van der Waals surface area contributed by atoms with Gasteiger partial charge in [-0.1, -0.05) is 36.5 Å². The first kappa shape index (κ1) is 9.31. The number of rotatable bonds is 0. The van der Waals surface area contributed by atoms with Crippen molar-refractivity contribution in [2.75, 3.05) is 0 Å². The van der Waals surface area contributed by atoms with Crippen molar-refractivity contribution in [3.63, 3.8) is 0 Å². The molecule has 0 nitrogen and oxygen atoms in total. The molecule has 0 saturated heterocycles. The van der Waals surface area contributed by atoms with Gasteiger partial charge in [0, 0.05) is 6.42 Å². The highest BCUT2D eigenvalue weighted by Crippen LogP contribution is 2.04. The van der Waals surface area contributed by atoms with Crippen molar-refractivity contribution in [1.29, 1.82) is 0 Å². The first-order valence-corrected chi connectivity index (χ1v) is 4.80. The first-order valence-electron chi connectivity index (χ1n) is 4.80. The molecule has 1 aliphatic rings. The molecule has 0 aliphatic heterocycles. The van der Waals surface area contributed by atoms with Crippen LogP contribution in [0, 0.1) is 6.42 Å². The molecule has 1 radical (unpaired) electrons. The lowest BCUT2D eigenvalue weighted by atomic mass is 10.1. The Bertz CT molecular complexity index is 152. The van der Waals surface area contributed by atoms with E-state index in [9.17, 15) is 0 Å². The molecule has 0 heteroatoms. The summed E-state index contributed by atoms with van der Waals surface area (Å²) in [5.41, 5.74) is 0. The minimum absolute atomic E-state index is 1.07. The summed E-state index contributed by atoms with van der Waals surface area (Å²) < 4.78 is 0. The molecular formula is C12H17. The van der Waals surface area contributed by atoms with E-state index < -0.39 is 0 Å². The Balaban J connectivity index is 2.31. The maximum absolute atomic E-state index is 2.29. The van der Waals surface area contributed by atoms with Crippen LogP contribution in [0.3, 0.4) is 0 Å². The van der Waals surface area contributed by atoms with Crippen LogP contribution in [0.5, 0.6) is 0 Å². The zero-order chi connectivity index (χ0) is 8.49. The monoisotopic (exact) mass is 161 g/mol. The van der Waals surface area contributed by atoms with Crippen molar-refractivity contribution in [3.05, 3.63) is 42.9 Å². The molecular weight excluding hydrogens is 144 g/mol. The van der Waals surface area contributed by atoms with E-state index >= 15 is 0 Å². The lowest BCUT2D eigenvalue weighted by Gasteiger charge is -1.93. The van der Waals surface area contributed by atoms with Gasteiger partial charge in [0.25, 0.3) is 0 Å². The van der Waals surface area contributed by atoms with Gasteiger partial charge in [0.05, 0.1) is 0 Å². The molecule has 0 spiro atoms. The Hall–Kier alpha value is -0.780. The van der Waals surface area contributed by atoms with Crippen LogP contribution in [-0.2, 0) is 0 Å². The predicted octanol–water partition coefficient (Wildman–Crippen LogP) is 3.82. The lowest BCUT2D eigenvalue weighted by molar-refractivity contribution is 0.761. The maximum atomic E-state index is 2.29. The largest absolute Gasteiger partial charge is 0.0882 e. The van der Waals surface area contributed by atoms with Crippen molar-refractivity contribution in [2.45, 2.75) is 32.1 Å². The highest BCUT2D eigenvalue weighted by Gasteiger charge is 1.84. The van der Waals surface area contributed by atoms with Gasteiger partial charge in [0.2, 0.25) is 0 Å². The minimum atomic E-state index is 1.07. The Kier molecular flexibility index (Phi) is 5.35. The van der Waals surface area contributed by atoms with Gasteiger partial charge in [-0.25, -0.2) is 0 Å². The molecule has 0 heterocycles. The van der Waals surface area contributed by atoms with Crippen LogP contribution in [0.2, 0.25) is 0 Å². The molecule has 0 unspecified atom stereocenters. The highest BCUT2D eigenvalue weighted by atomic mass is 13.9. The van der Waals surface area contributed by atoms with E-state index in [1.165, 1.54) is 25.7 Å². The van der Waals surface area contributed by atoms with Crippen molar-refractivity contribution in [1.82, 2.24) is 0 Å². The van der Waals surface area contributed by atoms with Crippen LogP contribution in [0.25, 0.3) is 0 Å². The molecule has 0 bridgehead atoms. The van der Waals surface area contributed by atoms with Gasteiger partial charge in [-0.2, -0.15) is 0 Å². The van der Waals surface area contributed by atoms with E-state index in [0.29, 0.717) is 0 Å². The average Bonchev–Trinajstić information content (AvgIpc) is 2.05. The zero-order valence-corrected chi connectivity index (χ0v) is 7.58. The molecule has 0 N–H and O–H groups in total. The summed E-state index contributed by atoms with van der Waals surface area (Å²) in [5, 5.41) is 0. The molecule has 0 atom stereocenters. The first-order chi connectivity index (χ1) is 6.00. The summed E-state index contributed by atoms with van der Waals surface area (Å²) in [7, 11) is 0. The predicted molar refractivity (Wildman–Crippen MR) is 54.8 cm³/mol. The van der Waals surface area contributed by atoms with Crippen LogP contribution in [0.15, 0.2) is 36.5 Å². The topological polar surface area (TPSA) is 0 Å². The summed E-state index contributed by atoms with van der Waals surface area (Å²) in [4.78, 5) is 0. The van der Waals surface area contributed by atoms with E-state index in [0.717, 1.165) is 6.42 Å². The fraction of sp³-hybridized carbons (Fsp3) is 0.417. The maximum Gasteiger partial charge on any atom is 0.00442 e. The van der Waals surface area contributed by atoms with Crippen LogP contribution in [0.1, 0.15) is 32.1 Å². The summed E-state index contributed by atoms with van der Waals surface area (Å²) in [5.74, 6) is 0. The van der Waals surface area contributed by atoms with Gasteiger partial charge in [0.1, 0.15) is 0 Å². The molecule has 0 aromatic carbocycles. The second-order valence-electron chi connectivity index (χ2n) is 3.04. The van der Waals surface area contributed by atoms with Gasteiger partial charge in [0.15, 0.2) is 0 Å². The fourth-order valence-electron chi connectivity index (χ4n) is 1.21. The quantitative estimate of drug-likeness (QED) is 0.474. The van der Waals surface area contributed by atoms with Gasteiger partial charge >= 0.3 is 0 Å². The van der Waals surface area contributed by atoms with Crippen LogP contribution in [-0.4, -0.2) is 0 Å². The van der Waals surface area contributed by atoms with E-state index in [1.807, 2.05) is 0 Å². The second-order valence-corrected chi connectivity index (χ2v) is 3.04. The van der Waals surface area contributed by atoms with Crippen LogP contribution in [0.4, 0.5) is 0 Å². The molecule has 0 aromatic rings. The van der Waals surface area contributed by atoms with E-state index in [4.69, 9.17) is 0 Å². The summed E-state index contributed by atoms with van der Waals surface area (Å²) in [6, 6.07) is 0. The highest BCUT2D eigenvalue weighted by molar-refractivity contribution is 5.09. The zero-order valence-electron chi connectivity index (χ0n) is 7.58. The van der Waals surface area contributed by atoms with Crippen molar-refractivity contribution in [3.8, 4) is 0 Å². The summed E-state index contributed by atoms with van der Waals surface area (Å²) in [6.45, 7) is 0. The molecule has 1 aliphatic carbocycles. The lowest BCUT2D eigenvalue weighted by Crippen LogP contribution is -1.74. The molecule has 0 fully saturated rings. The van der Waals surface area contributed by atoms with Gasteiger partial charge < -0.3 is 0 Å². The van der Waals surface area contributed by atoms with E-state index in [2.05, 4.69) is 42.9 Å². The Morgan fingerprint density at radius 3 is 2.33 bits per heavy atom.